The molecule has 2 aromatic carbocycles. The molecule has 110 valence electrons. The average Bonchev–Trinajstić information content (AvgIpc) is 2.46. The molecule has 2 rings (SSSR count). The molecule has 21 heavy (non-hydrogen) atoms. The van der Waals surface area contributed by atoms with Gasteiger partial charge in [0.05, 0.1) is 5.02 Å². The Balaban J connectivity index is 2.16. The van der Waals surface area contributed by atoms with Crippen LogP contribution in [0.25, 0.3) is 0 Å². The maximum Gasteiger partial charge on any atom is 0.171 e. The predicted molar refractivity (Wildman–Crippen MR) is 84.2 cm³/mol. The summed E-state index contributed by atoms with van der Waals surface area (Å²) in [6, 6.07) is 11.2. The molecule has 0 aliphatic heterocycles. The Morgan fingerprint density at radius 1 is 1.24 bits per heavy atom. The standard InChI is InChI=1S/C16H17ClN2O2/c1-10-4-3-5-11(2)14(10)9-21-12-6-7-13(15(17)8-12)16(18)19-20/h3-8,20H,9H2,1-2H3,(H2,18,19). The van der Waals surface area contributed by atoms with Gasteiger partial charge in [0.25, 0.3) is 0 Å². The highest BCUT2D eigenvalue weighted by Gasteiger charge is 2.08. The van der Waals surface area contributed by atoms with Gasteiger partial charge in [-0.05, 0) is 48.7 Å². The number of oxime groups is 1. The third kappa shape index (κ3) is 3.47. The van der Waals surface area contributed by atoms with Gasteiger partial charge in [-0.15, -0.1) is 0 Å². The number of amidine groups is 1. The third-order valence-corrected chi connectivity index (χ3v) is 3.66. The maximum absolute atomic E-state index is 8.67. The second-order valence-electron chi connectivity index (χ2n) is 4.79. The fraction of sp³-hybridized carbons (Fsp3) is 0.188. The lowest BCUT2D eigenvalue weighted by atomic mass is 10.0. The van der Waals surface area contributed by atoms with Gasteiger partial charge in [0.2, 0.25) is 0 Å². The molecule has 0 saturated carbocycles. The van der Waals surface area contributed by atoms with E-state index in [-0.39, 0.29) is 5.84 Å². The molecule has 0 aliphatic carbocycles. The molecule has 0 spiro atoms. The van der Waals surface area contributed by atoms with Gasteiger partial charge in [0.1, 0.15) is 12.4 Å². The molecule has 0 aliphatic rings. The normalized spacial score (nSPS) is 11.5. The van der Waals surface area contributed by atoms with Gasteiger partial charge in [0, 0.05) is 5.56 Å². The minimum Gasteiger partial charge on any atom is -0.489 e. The summed E-state index contributed by atoms with van der Waals surface area (Å²) < 4.78 is 5.78. The van der Waals surface area contributed by atoms with Gasteiger partial charge in [0.15, 0.2) is 5.84 Å². The Labute approximate surface area is 128 Å². The number of ether oxygens (including phenoxy) is 1. The first kappa shape index (κ1) is 15.2. The number of aryl methyl sites for hydroxylation is 2. The van der Waals surface area contributed by atoms with E-state index >= 15 is 0 Å². The zero-order chi connectivity index (χ0) is 15.4. The molecule has 5 heteroatoms. The molecule has 0 atom stereocenters. The van der Waals surface area contributed by atoms with Gasteiger partial charge in [-0.2, -0.15) is 0 Å². The second-order valence-corrected chi connectivity index (χ2v) is 5.19. The van der Waals surface area contributed by atoms with Gasteiger partial charge in [-0.25, -0.2) is 0 Å². The van der Waals surface area contributed by atoms with Crippen molar-refractivity contribution in [3.8, 4) is 5.75 Å². The molecule has 0 fully saturated rings. The summed E-state index contributed by atoms with van der Waals surface area (Å²) >= 11 is 6.10. The van der Waals surface area contributed by atoms with Crippen molar-refractivity contribution in [3.05, 3.63) is 63.7 Å². The lowest BCUT2D eigenvalue weighted by molar-refractivity contribution is 0.304. The van der Waals surface area contributed by atoms with Gasteiger partial charge in [-0.3, -0.25) is 0 Å². The van der Waals surface area contributed by atoms with Crippen molar-refractivity contribution < 1.29 is 9.94 Å². The molecule has 0 aromatic heterocycles. The van der Waals surface area contributed by atoms with Crippen LogP contribution in [0, 0.1) is 13.8 Å². The van der Waals surface area contributed by atoms with Crippen LogP contribution in [0.15, 0.2) is 41.6 Å². The second kappa shape index (κ2) is 6.50. The van der Waals surface area contributed by atoms with Crippen LogP contribution in [0.2, 0.25) is 5.02 Å². The van der Waals surface area contributed by atoms with Gasteiger partial charge < -0.3 is 15.7 Å². The number of hydrogen-bond donors (Lipinski definition) is 2. The Morgan fingerprint density at radius 2 is 1.90 bits per heavy atom. The van der Waals surface area contributed by atoms with Crippen LogP contribution in [-0.4, -0.2) is 11.0 Å². The zero-order valence-corrected chi connectivity index (χ0v) is 12.7. The molecular weight excluding hydrogens is 288 g/mol. The summed E-state index contributed by atoms with van der Waals surface area (Å²) in [5.41, 5.74) is 9.54. The highest BCUT2D eigenvalue weighted by atomic mass is 35.5. The molecule has 3 N–H and O–H groups in total. The summed E-state index contributed by atoms with van der Waals surface area (Å²) in [4.78, 5) is 0. The Bertz CT molecular complexity index is 664. The van der Waals surface area contributed by atoms with E-state index in [0.717, 1.165) is 5.56 Å². The maximum atomic E-state index is 8.67. The molecule has 0 bridgehead atoms. The fourth-order valence-corrected chi connectivity index (χ4v) is 2.35. The van der Waals surface area contributed by atoms with E-state index in [0.29, 0.717) is 22.9 Å². The fourth-order valence-electron chi connectivity index (χ4n) is 2.08. The summed E-state index contributed by atoms with van der Waals surface area (Å²) in [7, 11) is 0. The van der Waals surface area contributed by atoms with Crippen LogP contribution in [0.4, 0.5) is 0 Å². The molecule has 0 heterocycles. The number of benzene rings is 2. The van der Waals surface area contributed by atoms with E-state index in [9.17, 15) is 0 Å². The van der Waals surface area contributed by atoms with Gasteiger partial charge in [-0.1, -0.05) is 35.0 Å². The first-order valence-corrected chi connectivity index (χ1v) is 6.86. The molecule has 4 nitrogen and oxygen atoms in total. The van der Waals surface area contributed by atoms with Crippen LogP contribution in [0.1, 0.15) is 22.3 Å². The summed E-state index contributed by atoms with van der Waals surface area (Å²) in [5.74, 6) is 0.610. The lowest BCUT2D eigenvalue weighted by Crippen LogP contribution is -2.13. The average molecular weight is 305 g/mol. The van der Waals surface area contributed by atoms with E-state index < -0.39 is 0 Å². The SMILES string of the molecule is Cc1cccc(C)c1COc1ccc(/C(N)=N/O)c(Cl)c1. The summed E-state index contributed by atoms with van der Waals surface area (Å²) in [5, 5.41) is 12.0. The number of nitrogens with two attached hydrogens (primary N) is 1. The van der Waals surface area contributed by atoms with E-state index in [1.165, 1.54) is 11.1 Å². The van der Waals surface area contributed by atoms with Crippen molar-refractivity contribution in [2.45, 2.75) is 20.5 Å². The third-order valence-electron chi connectivity index (χ3n) is 3.35. The van der Waals surface area contributed by atoms with Crippen molar-refractivity contribution in [1.82, 2.24) is 0 Å². The van der Waals surface area contributed by atoms with Gasteiger partial charge >= 0.3 is 0 Å². The van der Waals surface area contributed by atoms with E-state index in [2.05, 4.69) is 31.1 Å². The molecule has 2 aromatic rings. The van der Waals surface area contributed by atoms with Crippen molar-refractivity contribution >= 4 is 17.4 Å². The number of nitrogens with zero attached hydrogens (tertiary/aromatic N) is 1. The number of halogens is 1. The highest BCUT2D eigenvalue weighted by molar-refractivity contribution is 6.34. The smallest absolute Gasteiger partial charge is 0.171 e. The quantitative estimate of drug-likeness (QED) is 0.392. The molecular formula is C16H17ClN2O2. The van der Waals surface area contributed by atoms with Crippen LogP contribution >= 0.6 is 11.6 Å². The monoisotopic (exact) mass is 304 g/mol. The molecule has 0 amide bonds. The first-order chi connectivity index (χ1) is 10.0. The Morgan fingerprint density at radius 3 is 2.48 bits per heavy atom. The van der Waals surface area contributed by atoms with Crippen molar-refractivity contribution in [1.29, 1.82) is 0 Å². The number of rotatable bonds is 4. The highest BCUT2D eigenvalue weighted by Crippen LogP contribution is 2.24. The topological polar surface area (TPSA) is 67.8 Å². The van der Waals surface area contributed by atoms with E-state index in [1.807, 2.05) is 6.07 Å². The van der Waals surface area contributed by atoms with Crippen LogP contribution in [0.5, 0.6) is 5.75 Å². The molecule has 0 unspecified atom stereocenters. The largest absolute Gasteiger partial charge is 0.489 e. The van der Waals surface area contributed by atoms with Crippen LogP contribution in [-0.2, 0) is 6.61 Å². The van der Waals surface area contributed by atoms with Crippen molar-refractivity contribution in [2.75, 3.05) is 0 Å². The molecule has 0 radical (unpaired) electrons. The van der Waals surface area contributed by atoms with Crippen molar-refractivity contribution in [3.63, 3.8) is 0 Å². The van der Waals surface area contributed by atoms with Crippen LogP contribution in [0.3, 0.4) is 0 Å². The number of hydrogen-bond acceptors (Lipinski definition) is 3. The first-order valence-electron chi connectivity index (χ1n) is 6.48. The lowest BCUT2D eigenvalue weighted by Gasteiger charge is -2.12. The predicted octanol–water partition coefficient (Wildman–Crippen LogP) is 3.63. The zero-order valence-electron chi connectivity index (χ0n) is 11.9. The summed E-state index contributed by atoms with van der Waals surface area (Å²) in [6.07, 6.45) is 0. The van der Waals surface area contributed by atoms with Crippen LogP contribution < -0.4 is 10.5 Å². The molecule has 0 saturated heterocycles. The summed E-state index contributed by atoms with van der Waals surface area (Å²) in [6.45, 7) is 4.58. The minimum atomic E-state index is -0.0266. The van der Waals surface area contributed by atoms with E-state index in [4.69, 9.17) is 27.3 Å². The Hall–Kier alpha value is -2.20. The minimum absolute atomic E-state index is 0.0266. The van der Waals surface area contributed by atoms with Crippen molar-refractivity contribution in [2.24, 2.45) is 10.9 Å². The van der Waals surface area contributed by atoms with E-state index in [1.54, 1.807) is 18.2 Å². The Kier molecular flexibility index (Phi) is 4.70.